The van der Waals surface area contributed by atoms with Gasteiger partial charge in [0.05, 0.1) is 6.04 Å². The third-order valence-electron chi connectivity index (χ3n) is 3.37. The summed E-state index contributed by atoms with van der Waals surface area (Å²) in [5.74, 6) is 0.0321. The molecule has 2 N–H and O–H groups in total. The minimum atomic E-state index is -0.261. The van der Waals surface area contributed by atoms with Crippen LogP contribution in [0, 0.1) is 0 Å². The zero-order chi connectivity index (χ0) is 13.1. The van der Waals surface area contributed by atoms with E-state index in [-0.39, 0.29) is 18.0 Å². The Labute approximate surface area is 112 Å². The van der Waals surface area contributed by atoms with Crippen LogP contribution >= 0.6 is 0 Å². The van der Waals surface area contributed by atoms with Crippen LogP contribution in [0.1, 0.15) is 5.56 Å². The molecule has 0 spiro atoms. The van der Waals surface area contributed by atoms with Gasteiger partial charge < -0.3 is 5.32 Å². The molecule has 0 fully saturated rings. The molecule has 0 saturated heterocycles. The number of benzene rings is 1. The van der Waals surface area contributed by atoms with Gasteiger partial charge in [0.25, 0.3) is 0 Å². The van der Waals surface area contributed by atoms with Gasteiger partial charge in [-0.2, -0.15) is 0 Å². The van der Waals surface area contributed by atoms with E-state index >= 15 is 0 Å². The van der Waals surface area contributed by atoms with Gasteiger partial charge in [-0.3, -0.25) is 10.1 Å². The molecule has 3 heteroatoms. The number of fused-ring (bicyclic) bond motifs is 1. The molecule has 3 rings (SSSR count). The standard InChI is InChI=1S/C16H16N2O/c19-16-15(17-11-12-6-2-1-3-7-12)10-13-8-4-5-9-14(13)18-16/h1-10,14-15,17H,11H2,(H,18,19). The molecule has 2 unspecified atom stereocenters. The number of carbonyl (C=O) groups is 1. The Balaban J connectivity index is 1.69. The molecule has 0 bridgehead atoms. The molecule has 1 amide bonds. The van der Waals surface area contributed by atoms with Gasteiger partial charge >= 0.3 is 0 Å². The zero-order valence-corrected chi connectivity index (χ0v) is 10.5. The molecule has 1 heterocycles. The zero-order valence-electron chi connectivity index (χ0n) is 10.5. The number of hydrogen-bond acceptors (Lipinski definition) is 2. The highest BCUT2D eigenvalue weighted by Crippen LogP contribution is 2.16. The van der Waals surface area contributed by atoms with Crippen LogP contribution in [0.5, 0.6) is 0 Å². The lowest BCUT2D eigenvalue weighted by molar-refractivity contribution is -0.122. The topological polar surface area (TPSA) is 41.1 Å². The summed E-state index contributed by atoms with van der Waals surface area (Å²) >= 11 is 0. The van der Waals surface area contributed by atoms with Crippen LogP contribution < -0.4 is 10.6 Å². The summed E-state index contributed by atoms with van der Waals surface area (Å²) in [5.41, 5.74) is 2.32. The summed E-state index contributed by atoms with van der Waals surface area (Å²) in [6, 6.07) is 9.86. The Morgan fingerprint density at radius 3 is 2.84 bits per heavy atom. The molecular formula is C16H16N2O. The number of allylic oxidation sites excluding steroid dienone is 2. The number of carbonyl (C=O) groups excluding carboxylic acids is 1. The maximum absolute atomic E-state index is 12.0. The highest BCUT2D eigenvalue weighted by molar-refractivity contribution is 5.86. The van der Waals surface area contributed by atoms with Crippen molar-refractivity contribution in [2.45, 2.75) is 18.6 Å². The van der Waals surface area contributed by atoms with Gasteiger partial charge in [-0.15, -0.1) is 0 Å². The SMILES string of the molecule is O=C1NC2C=CC=CC2=CC1NCc1ccccc1. The Bertz CT molecular complexity index is 557. The second kappa shape index (κ2) is 5.24. The first-order valence-electron chi connectivity index (χ1n) is 6.47. The monoisotopic (exact) mass is 252 g/mol. The van der Waals surface area contributed by atoms with Crippen molar-refractivity contribution in [1.29, 1.82) is 0 Å². The van der Waals surface area contributed by atoms with Crippen LogP contribution in [0.4, 0.5) is 0 Å². The van der Waals surface area contributed by atoms with E-state index in [1.165, 1.54) is 5.56 Å². The highest BCUT2D eigenvalue weighted by atomic mass is 16.2. The van der Waals surface area contributed by atoms with Gasteiger partial charge in [-0.05, 0) is 11.1 Å². The number of nitrogens with one attached hydrogen (secondary N) is 2. The molecule has 19 heavy (non-hydrogen) atoms. The summed E-state index contributed by atoms with van der Waals surface area (Å²) in [7, 11) is 0. The van der Waals surface area contributed by atoms with Crippen LogP contribution in [0.25, 0.3) is 0 Å². The minimum Gasteiger partial charge on any atom is -0.344 e. The van der Waals surface area contributed by atoms with Crippen molar-refractivity contribution in [1.82, 2.24) is 10.6 Å². The molecule has 1 aromatic rings. The van der Waals surface area contributed by atoms with Crippen LogP contribution in [0.2, 0.25) is 0 Å². The Morgan fingerprint density at radius 1 is 1.16 bits per heavy atom. The maximum Gasteiger partial charge on any atom is 0.241 e. The van der Waals surface area contributed by atoms with E-state index in [1.54, 1.807) is 0 Å². The lowest BCUT2D eigenvalue weighted by Crippen LogP contribution is -2.50. The Kier molecular flexibility index (Phi) is 3.29. The van der Waals surface area contributed by atoms with Crippen molar-refractivity contribution < 1.29 is 4.79 Å². The van der Waals surface area contributed by atoms with E-state index < -0.39 is 0 Å². The van der Waals surface area contributed by atoms with E-state index in [0.717, 1.165) is 5.57 Å². The van der Waals surface area contributed by atoms with Gasteiger partial charge in [0.1, 0.15) is 6.04 Å². The Morgan fingerprint density at radius 2 is 2.00 bits per heavy atom. The van der Waals surface area contributed by atoms with Crippen molar-refractivity contribution in [3.8, 4) is 0 Å². The highest BCUT2D eigenvalue weighted by Gasteiger charge is 2.26. The predicted molar refractivity (Wildman–Crippen MR) is 75.4 cm³/mol. The first-order valence-corrected chi connectivity index (χ1v) is 6.47. The minimum absolute atomic E-state index is 0.0321. The molecule has 2 atom stereocenters. The smallest absolute Gasteiger partial charge is 0.241 e. The molecular weight excluding hydrogens is 236 g/mol. The normalized spacial score (nSPS) is 24.6. The number of rotatable bonds is 3. The average molecular weight is 252 g/mol. The Hall–Kier alpha value is -2.13. The van der Waals surface area contributed by atoms with Crippen molar-refractivity contribution in [2.24, 2.45) is 0 Å². The number of hydrogen-bond donors (Lipinski definition) is 2. The van der Waals surface area contributed by atoms with Gasteiger partial charge in [0.2, 0.25) is 5.91 Å². The third kappa shape index (κ3) is 2.66. The van der Waals surface area contributed by atoms with Gasteiger partial charge in [0.15, 0.2) is 0 Å². The second-order valence-electron chi connectivity index (χ2n) is 4.74. The maximum atomic E-state index is 12.0. The first kappa shape index (κ1) is 11.9. The summed E-state index contributed by atoms with van der Waals surface area (Å²) in [6.07, 6.45) is 10.00. The first-order chi connectivity index (χ1) is 9.33. The van der Waals surface area contributed by atoms with Crippen LogP contribution in [-0.2, 0) is 11.3 Å². The van der Waals surface area contributed by atoms with Gasteiger partial charge in [0, 0.05) is 6.54 Å². The summed E-state index contributed by atoms with van der Waals surface area (Å²) in [6.45, 7) is 0.687. The molecule has 0 saturated carbocycles. The fourth-order valence-corrected chi connectivity index (χ4v) is 2.33. The van der Waals surface area contributed by atoms with E-state index in [9.17, 15) is 4.79 Å². The quantitative estimate of drug-likeness (QED) is 0.859. The molecule has 1 aromatic carbocycles. The molecule has 1 aliphatic carbocycles. The largest absolute Gasteiger partial charge is 0.344 e. The van der Waals surface area contributed by atoms with E-state index in [1.807, 2.05) is 60.7 Å². The van der Waals surface area contributed by atoms with Crippen molar-refractivity contribution in [3.63, 3.8) is 0 Å². The lowest BCUT2D eigenvalue weighted by atomic mass is 9.95. The van der Waals surface area contributed by atoms with Crippen LogP contribution in [0.15, 0.2) is 66.3 Å². The van der Waals surface area contributed by atoms with Crippen molar-refractivity contribution in [2.75, 3.05) is 0 Å². The third-order valence-corrected chi connectivity index (χ3v) is 3.37. The molecule has 1 aliphatic heterocycles. The summed E-state index contributed by atoms with van der Waals surface area (Å²) < 4.78 is 0. The van der Waals surface area contributed by atoms with Crippen LogP contribution in [0.3, 0.4) is 0 Å². The van der Waals surface area contributed by atoms with E-state index in [0.29, 0.717) is 6.54 Å². The molecule has 3 nitrogen and oxygen atoms in total. The van der Waals surface area contributed by atoms with E-state index in [4.69, 9.17) is 0 Å². The second-order valence-corrected chi connectivity index (χ2v) is 4.74. The molecule has 2 aliphatic rings. The fourth-order valence-electron chi connectivity index (χ4n) is 2.33. The average Bonchev–Trinajstić information content (AvgIpc) is 2.46. The van der Waals surface area contributed by atoms with E-state index in [2.05, 4.69) is 10.6 Å². The fraction of sp³-hybridized carbons (Fsp3) is 0.188. The number of amides is 1. The molecule has 0 aromatic heterocycles. The van der Waals surface area contributed by atoms with Crippen LogP contribution in [-0.4, -0.2) is 18.0 Å². The summed E-state index contributed by atoms with van der Waals surface area (Å²) in [4.78, 5) is 12.0. The van der Waals surface area contributed by atoms with Crippen molar-refractivity contribution in [3.05, 3.63) is 71.8 Å². The summed E-state index contributed by atoms with van der Waals surface area (Å²) in [5, 5.41) is 6.27. The lowest BCUT2D eigenvalue weighted by Gasteiger charge is -2.28. The van der Waals surface area contributed by atoms with Gasteiger partial charge in [-0.1, -0.05) is 60.7 Å². The van der Waals surface area contributed by atoms with Gasteiger partial charge in [-0.25, -0.2) is 0 Å². The predicted octanol–water partition coefficient (Wildman–Crippen LogP) is 1.70. The molecule has 0 radical (unpaired) electrons. The molecule has 96 valence electrons. The van der Waals surface area contributed by atoms with Crippen molar-refractivity contribution >= 4 is 5.91 Å².